The van der Waals surface area contributed by atoms with E-state index in [-0.39, 0.29) is 6.10 Å². The van der Waals surface area contributed by atoms with E-state index < -0.39 is 0 Å². The molecular weight excluding hydrogens is 262 g/mol. The number of methoxy groups -OCH3 is 1. The second-order valence-corrected chi connectivity index (χ2v) is 6.32. The number of rotatable bonds is 9. The summed E-state index contributed by atoms with van der Waals surface area (Å²) in [6.45, 7) is 7.21. The van der Waals surface area contributed by atoms with Gasteiger partial charge < -0.3 is 14.8 Å². The Hall–Kier alpha value is -1.22. The van der Waals surface area contributed by atoms with Crippen molar-refractivity contribution < 1.29 is 9.47 Å². The third-order valence-electron chi connectivity index (χ3n) is 3.99. The lowest BCUT2D eigenvalue weighted by molar-refractivity contribution is 0.230. The van der Waals surface area contributed by atoms with Gasteiger partial charge in [-0.05, 0) is 50.3 Å². The van der Waals surface area contributed by atoms with Gasteiger partial charge in [-0.3, -0.25) is 0 Å². The molecule has 2 rings (SSSR count). The second kappa shape index (κ2) is 7.69. The van der Waals surface area contributed by atoms with E-state index in [0.717, 1.165) is 24.0 Å². The largest absolute Gasteiger partial charge is 0.493 e. The van der Waals surface area contributed by atoms with Crippen molar-refractivity contribution in [1.29, 1.82) is 0 Å². The molecule has 0 spiro atoms. The van der Waals surface area contributed by atoms with Gasteiger partial charge in [0.15, 0.2) is 11.5 Å². The molecule has 0 amide bonds. The molecule has 1 aromatic rings. The summed E-state index contributed by atoms with van der Waals surface area (Å²) in [5.41, 5.74) is 1.25. The molecule has 21 heavy (non-hydrogen) atoms. The molecule has 3 nitrogen and oxygen atoms in total. The van der Waals surface area contributed by atoms with Crippen LogP contribution in [0.2, 0.25) is 0 Å². The van der Waals surface area contributed by atoms with Crippen molar-refractivity contribution in [1.82, 2.24) is 5.32 Å². The van der Waals surface area contributed by atoms with Gasteiger partial charge in [-0.15, -0.1) is 0 Å². The van der Waals surface area contributed by atoms with Crippen molar-refractivity contribution >= 4 is 0 Å². The van der Waals surface area contributed by atoms with Gasteiger partial charge in [0.05, 0.1) is 13.2 Å². The van der Waals surface area contributed by atoms with E-state index in [0.29, 0.717) is 6.04 Å². The molecule has 1 aliphatic carbocycles. The van der Waals surface area contributed by atoms with Crippen molar-refractivity contribution in [3.05, 3.63) is 23.8 Å². The summed E-state index contributed by atoms with van der Waals surface area (Å²) in [6, 6.07) is 6.85. The maximum atomic E-state index is 5.75. The Kier molecular flexibility index (Phi) is 5.92. The average molecular weight is 291 g/mol. The fourth-order valence-corrected chi connectivity index (χ4v) is 2.59. The zero-order valence-electron chi connectivity index (χ0n) is 13.8. The van der Waals surface area contributed by atoms with Crippen LogP contribution in [0.5, 0.6) is 11.5 Å². The smallest absolute Gasteiger partial charge is 0.161 e. The lowest BCUT2D eigenvalue weighted by atomic mass is 10.1. The highest BCUT2D eigenvalue weighted by Gasteiger charge is 2.24. The first-order valence-electron chi connectivity index (χ1n) is 8.19. The average Bonchev–Trinajstić information content (AvgIpc) is 3.28. The van der Waals surface area contributed by atoms with E-state index in [9.17, 15) is 0 Å². The Morgan fingerprint density at radius 1 is 1.24 bits per heavy atom. The first-order valence-corrected chi connectivity index (χ1v) is 8.19. The van der Waals surface area contributed by atoms with E-state index in [1.165, 1.54) is 31.2 Å². The summed E-state index contributed by atoms with van der Waals surface area (Å²) in [6.07, 6.45) is 5.52. The lowest BCUT2D eigenvalue weighted by Crippen LogP contribution is -2.28. The Morgan fingerprint density at radius 2 is 2.00 bits per heavy atom. The highest BCUT2D eigenvalue weighted by atomic mass is 16.5. The van der Waals surface area contributed by atoms with Crippen LogP contribution in [0.3, 0.4) is 0 Å². The van der Waals surface area contributed by atoms with Crippen LogP contribution in [0.1, 0.15) is 52.0 Å². The molecule has 118 valence electrons. The second-order valence-electron chi connectivity index (χ2n) is 6.32. The molecule has 1 N–H and O–H groups in total. The van der Waals surface area contributed by atoms with Gasteiger partial charge in [0, 0.05) is 12.6 Å². The molecule has 3 heteroatoms. The predicted octanol–water partition coefficient (Wildman–Crippen LogP) is 4.15. The Balaban J connectivity index is 1.92. The van der Waals surface area contributed by atoms with Gasteiger partial charge in [0.2, 0.25) is 0 Å². The zero-order chi connectivity index (χ0) is 15.2. The molecule has 1 aromatic carbocycles. The van der Waals surface area contributed by atoms with E-state index in [1.807, 2.05) is 19.9 Å². The van der Waals surface area contributed by atoms with Crippen LogP contribution in [0.25, 0.3) is 0 Å². The van der Waals surface area contributed by atoms with Crippen molar-refractivity contribution in [2.75, 3.05) is 7.11 Å². The third-order valence-corrected chi connectivity index (χ3v) is 3.99. The fraction of sp³-hybridized carbons (Fsp3) is 0.667. The minimum absolute atomic E-state index is 0.158. The normalized spacial score (nSPS) is 16.0. The summed E-state index contributed by atoms with van der Waals surface area (Å²) in [4.78, 5) is 0. The highest BCUT2D eigenvalue weighted by molar-refractivity contribution is 5.43. The summed E-state index contributed by atoms with van der Waals surface area (Å²) >= 11 is 0. The Morgan fingerprint density at radius 3 is 2.57 bits per heavy atom. The zero-order valence-corrected chi connectivity index (χ0v) is 13.8. The number of ether oxygens (including phenoxy) is 2. The summed E-state index contributed by atoms with van der Waals surface area (Å²) < 4.78 is 11.2. The van der Waals surface area contributed by atoms with Crippen molar-refractivity contribution in [2.24, 2.45) is 5.92 Å². The molecule has 1 saturated carbocycles. The first-order chi connectivity index (χ1) is 10.1. The summed E-state index contributed by atoms with van der Waals surface area (Å²) in [5.74, 6) is 2.61. The minimum atomic E-state index is 0.158. The fourth-order valence-electron chi connectivity index (χ4n) is 2.59. The van der Waals surface area contributed by atoms with E-state index >= 15 is 0 Å². The van der Waals surface area contributed by atoms with Gasteiger partial charge in [-0.25, -0.2) is 0 Å². The molecule has 0 aromatic heterocycles. The number of benzene rings is 1. The Bertz CT molecular complexity index is 441. The number of nitrogens with one attached hydrogen (secondary N) is 1. The van der Waals surface area contributed by atoms with Gasteiger partial charge in [-0.2, -0.15) is 0 Å². The van der Waals surface area contributed by atoms with Crippen LogP contribution in [-0.2, 0) is 6.54 Å². The summed E-state index contributed by atoms with van der Waals surface area (Å²) in [7, 11) is 1.70. The molecule has 1 fully saturated rings. The monoisotopic (exact) mass is 291 g/mol. The number of hydrogen-bond donors (Lipinski definition) is 1. The van der Waals surface area contributed by atoms with Crippen LogP contribution >= 0.6 is 0 Å². The van der Waals surface area contributed by atoms with Crippen molar-refractivity contribution in [2.45, 2.75) is 65.1 Å². The summed E-state index contributed by atoms with van der Waals surface area (Å²) in [5, 5.41) is 3.67. The van der Waals surface area contributed by atoms with E-state index in [4.69, 9.17) is 9.47 Å². The molecule has 0 radical (unpaired) electrons. The predicted molar refractivity (Wildman–Crippen MR) is 87.0 cm³/mol. The van der Waals surface area contributed by atoms with Crippen LogP contribution in [0.15, 0.2) is 18.2 Å². The molecule has 0 saturated heterocycles. The highest BCUT2D eigenvalue weighted by Crippen LogP contribution is 2.34. The van der Waals surface area contributed by atoms with Gasteiger partial charge in [0.25, 0.3) is 0 Å². The van der Waals surface area contributed by atoms with Crippen LogP contribution in [0, 0.1) is 5.92 Å². The van der Waals surface area contributed by atoms with Crippen LogP contribution < -0.4 is 14.8 Å². The van der Waals surface area contributed by atoms with E-state index in [1.54, 1.807) is 7.11 Å². The minimum Gasteiger partial charge on any atom is -0.493 e. The van der Waals surface area contributed by atoms with Crippen molar-refractivity contribution in [3.8, 4) is 11.5 Å². The third kappa shape index (κ3) is 5.24. The molecule has 0 aliphatic heterocycles. The molecule has 1 unspecified atom stereocenters. The van der Waals surface area contributed by atoms with Gasteiger partial charge in [0.1, 0.15) is 0 Å². The first kappa shape index (κ1) is 16.2. The number of hydrogen-bond acceptors (Lipinski definition) is 3. The molecular formula is C18H29NO2. The lowest BCUT2D eigenvalue weighted by Gasteiger charge is -2.18. The topological polar surface area (TPSA) is 30.5 Å². The molecule has 1 aliphatic rings. The van der Waals surface area contributed by atoms with Crippen LogP contribution in [0.4, 0.5) is 0 Å². The van der Waals surface area contributed by atoms with E-state index in [2.05, 4.69) is 24.4 Å². The molecule has 1 atom stereocenters. The maximum Gasteiger partial charge on any atom is 0.161 e. The molecule has 0 bridgehead atoms. The van der Waals surface area contributed by atoms with Gasteiger partial charge in [-0.1, -0.05) is 25.8 Å². The van der Waals surface area contributed by atoms with Crippen LogP contribution in [-0.4, -0.2) is 19.3 Å². The maximum absolute atomic E-state index is 5.75. The van der Waals surface area contributed by atoms with Gasteiger partial charge >= 0.3 is 0 Å². The SMILES string of the molecule is CCC(CC1CC1)NCc1ccc(OC(C)C)c(OC)c1. The quantitative estimate of drug-likeness (QED) is 0.741. The Labute approximate surface area is 129 Å². The van der Waals surface area contributed by atoms with Crippen molar-refractivity contribution in [3.63, 3.8) is 0 Å². The standard InChI is InChI=1S/C18H29NO2/c1-5-16(10-14-6-7-14)19-12-15-8-9-17(21-13(2)3)18(11-15)20-4/h8-9,11,13-14,16,19H,5-7,10,12H2,1-4H3. The molecule has 0 heterocycles.